The number of phenols is 1. The predicted molar refractivity (Wildman–Crippen MR) is 109 cm³/mol. The quantitative estimate of drug-likeness (QED) is 0.609. The number of anilines is 2. The number of benzene rings is 1. The first-order valence-corrected chi connectivity index (χ1v) is 10.1. The Kier molecular flexibility index (Phi) is 4.06. The summed E-state index contributed by atoms with van der Waals surface area (Å²) in [6.45, 7) is 0. The van der Waals surface area contributed by atoms with Gasteiger partial charge in [-0.2, -0.15) is 4.98 Å². The van der Waals surface area contributed by atoms with Crippen LogP contribution < -0.4 is 15.8 Å². The minimum Gasteiger partial charge on any atom is -0.504 e. The number of thiophene rings is 1. The molecule has 0 bridgehead atoms. The molecule has 2 atom stereocenters. The molecule has 1 aliphatic heterocycles. The number of hydrogen-bond donors (Lipinski definition) is 3. The number of ketones is 1. The van der Waals surface area contributed by atoms with Crippen molar-refractivity contribution in [2.75, 3.05) is 18.2 Å². The van der Waals surface area contributed by atoms with Crippen molar-refractivity contribution in [3.8, 4) is 11.5 Å². The first-order chi connectivity index (χ1) is 14.0. The highest BCUT2D eigenvalue weighted by Gasteiger charge is 2.40. The van der Waals surface area contributed by atoms with Crippen LogP contribution >= 0.6 is 11.3 Å². The number of aromatic hydroxyl groups is 1. The Balaban J connectivity index is 1.64. The highest BCUT2D eigenvalue weighted by atomic mass is 32.1. The summed E-state index contributed by atoms with van der Waals surface area (Å²) in [4.78, 5) is 18.8. The van der Waals surface area contributed by atoms with Crippen molar-refractivity contribution >= 4 is 29.0 Å². The van der Waals surface area contributed by atoms with E-state index >= 15 is 0 Å². The van der Waals surface area contributed by atoms with Gasteiger partial charge < -0.3 is 20.9 Å². The van der Waals surface area contributed by atoms with Crippen LogP contribution in [-0.2, 0) is 4.79 Å². The molecule has 1 aromatic carbocycles. The lowest BCUT2D eigenvalue weighted by Crippen LogP contribution is -2.33. The minimum atomic E-state index is -0.489. The van der Waals surface area contributed by atoms with Crippen LogP contribution in [0.1, 0.15) is 35.2 Å². The Morgan fingerprint density at radius 2 is 2.21 bits per heavy atom. The number of rotatable bonds is 3. The molecule has 29 heavy (non-hydrogen) atoms. The number of phenolic OH excluding ortho intramolecular Hbond substituents is 1. The van der Waals surface area contributed by atoms with Crippen molar-refractivity contribution in [3.63, 3.8) is 0 Å². The first-order valence-electron chi connectivity index (χ1n) is 9.20. The van der Waals surface area contributed by atoms with E-state index in [1.54, 1.807) is 34.2 Å². The molecule has 0 unspecified atom stereocenters. The van der Waals surface area contributed by atoms with Gasteiger partial charge in [0.15, 0.2) is 17.3 Å². The lowest BCUT2D eigenvalue weighted by Gasteiger charge is -2.34. The monoisotopic (exact) mass is 409 g/mol. The molecule has 2 aromatic heterocycles. The second kappa shape index (κ2) is 6.63. The van der Waals surface area contributed by atoms with Gasteiger partial charge in [-0.3, -0.25) is 4.79 Å². The van der Waals surface area contributed by atoms with E-state index in [0.717, 1.165) is 11.3 Å². The van der Waals surface area contributed by atoms with Gasteiger partial charge in [0, 0.05) is 28.5 Å². The summed E-state index contributed by atoms with van der Waals surface area (Å²) in [7, 11) is 1.49. The number of fused-ring (bicyclic) bond motifs is 1. The van der Waals surface area contributed by atoms with E-state index in [2.05, 4.69) is 21.5 Å². The van der Waals surface area contributed by atoms with E-state index < -0.39 is 6.04 Å². The van der Waals surface area contributed by atoms with Gasteiger partial charge >= 0.3 is 0 Å². The molecule has 0 fully saturated rings. The number of methoxy groups -OCH3 is 1. The summed E-state index contributed by atoms with van der Waals surface area (Å²) in [6, 6.07) is 8.62. The topological polar surface area (TPSA) is 115 Å². The molecule has 0 radical (unpaired) electrons. The highest BCUT2D eigenvalue weighted by molar-refractivity contribution is 7.10. The molecule has 8 nitrogen and oxygen atoms in total. The maximum absolute atomic E-state index is 13.3. The van der Waals surface area contributed by atoms with Crippen molar-refractivity contribution in [1.82, 2.24) is 14.8 Å². The number of carbonyl (C=O) groups is 1. The van der Waals surface area contributed by atoms with Crippen molar-refractivity contribution in [2.24, 2.45) is 0 Å². The molecule has 3 aromatic rings. The fourth-order valence-corrected chi connectivity index (χ4v) is 4.96. The maximum atomic E-state index is 13.3. The third-order valence-electron chi connectivity index (χ3n) is 5.40. The van der Waals surface area contributed by atoms with E-state index in [0.29, 0.717) is 30.1 Å². The van der Waals surface area contributed by atoms with Crippen LogP contribution in [0.4, 0.5) is 11.9 Å². The Labute approximate surface area is 170 Å². The molecular weight excluding hydrogens is 390 g/mol. The number of ether oxygens (including phenoxy) is 1. The molecule has 148 valence electrons. The average molecular weight is 409 g/mol. The number of nitrogens with two attached hydrogens (primary N) is 1. The summed E-state index contributed by atoms with van der Waals surface area (Å²) in [5.74, 6) is 1.19. The van der Waals surface area contributed by atoms with Crippen molar-refractivity contribution in [1.29, 1.82) is 0 Å². The Hall–Kier alpha value is -3.33. The number of allylic oxidation sites excluding steroid dienone is 2. The first kappa shape index (κ1) is 17.7. The van der Waals surface area contributed by atoms with E-state index in [1.807, 2.05) is 11.4 Å². The Morgan fingerprint density at radius 3 is 2.97 bits per heavy atom. The smallest absolute Gasteiger partial charge is 0.241 e. The lowest BCUT2D eigenvalue weighted by molar-refractivity contribution is -0.116. The van der Waals surface area contributed by atoms with Gasteiger partial charge in [-0.1, -0.05) is 12.1 Å². The van der Waals surface area contributed by atoms with Crippen molar-refractivity contribution < 1.29 is 14.6 Å². The van der Waals surface area contributed by atoms with E-state index in [1.165, 1.54) is 12.0 Å². The fraction of sp³-hybridized carbons (Fsp3) is 0.250. The summed E-state index contributed by atoms with van der Waals surface area (Å²) in [5.41, 5.74) is 8.12. The number of Topliss-reactive ketones (excluding diaryl/α,β-unsaturated/α-hetero) is 1. The third-order valence-corrected chi connectivity index (χ3v) is 6.44. The summed E-state index contributed by atoms with van der Waals surface area (Å²) >= 11 is 1.66. The number of aromatic nitrogens is 3. The van der Waals surface area contributed by atoms with Gasteiger partial charge in [0.05, 0.1) is 7.11 Å². The van der Waals surface area contributed by atoms with Gasteiger partial charge in [0.1, 0.15) is 6.04 Å². The van der Waals surface area contributed by atoms with E-state index in [9.17, 15) is 9.90 Å². The fourth-order valence-electron chi connectivity index (χ4n) is 4.13. The van der Waals surface area contributed by atoms with Crippen LogP contribution in [0.5, 0.6) is 11.5 Å². The van der Waals surface area contributed by atoms with Gasteiger partial charge in [0.25, 0.3) is 0 Å². The predicted octanol–water partition coefficient (Wildman–Crippen LogP) is 3.05. The molecule has 5 rings (SSSR count). The largest absolute Gasteiger partial charge is 0.504 e. The maximum Gasteiger partial charge on any atom is 0.241 e. The standard InChI is InChI=1S/C20H19N5O3S/c1-28-15-9-10(4-5-13(15)26)18-17-12(22-20-23-19(21)24-25(18)20)7-11(8-14(17)27)16-3-2-6-29-16/h2-6,9,11,18,26H,7-8H2,1H3,(H3,21,22,23,24)/t11-,18-/m0/s1. The van der Waals surface area contributed by atoms with Crippen LogP contribution in [0, 0.1) is 0 Å². The van der Waals surface area contributed by atoms with E-state index in [-0.39, 0.29) is 23.4 Å². The molecule has 1 aliphatic carbocycles. The molecule has 0 saturated carbocycles. The number of nitrogen functional groups attached to an aromatic ring is 1. The van der Waals surface area contributed by atoms with Crippen molar-refractivity contribution in [3.05, 3.63) is 57.4 Å². The van der Waals surface area contributed by atoms with E-state index in [4.69, 9.17) is 10.5 Å². The molecule has 0 amide bonds. The van der Waals surface area contributed by atoms with Gasteiger partial charge in [-0.25, -0.2) is 4.68 Å². The molecule has 0 saturated heterocycles. The number of hydrogen-bond acceptors (Lipinski definition) is 8. The van der Waals surface area contributed by atoms with Gasteiger partial charge in [-0.15, -0.1) is 16.4 Å². The summed E-state index contributed by atoms with van der Waals surface area (Å²) in [6.07, 6.45) is 1.15. The van der Waals surface area contributed by atoms with Gasteiger partial charge in [0.2, 0.25) is 11.9 Å². The molecule has 3 heterocycles. The normalized spacial score (nSPS) is 20.8. The van der Waals surface area contributed by atoms with Crippen LogP contribution in [0.3, 0.4) is 0 Å². The van der Waals surface area contributed by atoms with Crippen LogP contribution in [0.15, 0.2) is 47.0 Å². The molecule has 0 spiro atoms. The summed E-state index contributed by atoms with van der Waals surface area (Å²) < 4.78 is 6.89. The van der Waals surface area contributed by atoms with Crippen LogP contribution in [0.25, 0.3) is 0 Å². The van der Waals surface area contributed by atoms with Crippen molar-refractivity contribution in [2.45, 2.75) is 24.8 Å². The number of carbonyl (C=O) groups excluding carboxylic acids is 1. The SMILES string of the molecule is COc1cc([C@H]2C3=C(C[C@H](c4cccs4)CC3=O)Nc3nc(N)nn32)ccc1O. The average Bonchev–Trinajstić information content (AvgIpc) is 3.35. The second-order valence-electron chi connectivity index (χ2n) is 7.13. The summed E-state index contributed by atoms with van der Waals surface area (Å²) in [5, 5.41) is 19.6. The third kappa shape index (κ3) is 2.85. The molecular formula is C20H19N5O3S. The number of nitrogens with one attached hydrogen (secondary N) is 1. The Bertz CT molecular complexity index is 1140. The lowest BCUT2D eigenvalue weighted by atomic mass is 9.80. The zero-order valence-electron chi connectivity index (χ0n) is 15.6. The van der Waals surface area contributed by atoms with Crippen LogP contribution in [-0.4, -0.2) is 32.8 Å². The van der Waals surface area contributed by atoms with Crippen LogP contribution in [0.2, 0.25) is 0 Å². The molecule has 2 aliphatic rings. The minimum absolute atomic E-state index is 0.0328. The molecule has 4 N–H and O–H groups in total. The molecule has 9 heteroatoms. The Morgan fingerprint density at radius 1 is 1.34 bits per heavy atom. The zero-order chi connectivity index (χ0) is 20.1. The zero-order valence-corrected chi connectivity index (χ0v) is 16.4. The second-order valence-corrected chi connectivity index (χ2v) is 8.11. The number of nitrogens with zero attached hydrogens (tertiary/aromatic N) is 3. The van der Waals surface area contributed by atoms with Gasteiger partial charge in [-0.05, 0) is 35.6 Å². The highest BCUT2D eigenvalue weighted by Crippen LogP contribution is 2.45.